The van der Waals surface area contributed by atoms with Gasteiger partial charge in [-0.1, -0.05) is 12.1 Å². The molecule has 5 nitrogen and oxygen atoms in total. The molecule has 0 fully saturated rings. The van der Waals surface area contributed by atoms with Crippen LogP contribution in [-0.2, 0) is 13.0 Å². The number of nitrogens with one attached hydrogen (secondary N) is 1. The van der Waals surface area contributed by atoms with Gasteiger partial charge in [0.25, 0.3) is 5.91 Å². The number of hydrogen-bond acceptors (Lipinski definition) is 2. The van der Waals surface area contributed by atoms with Crippen LogP contribution < -0.4 is 0 Å². The van der Waals surface area contributed by atoms with Crippen molar-refractivity contribution in [3.63, 3.8) is 0 Å². The molecular formula is C18H20N4O. The SMILES string of the molecule is CN(C[C@H]1CCc2nccn2C1)C(=O)c1cccc2cc[nH]c12. The van der Waals surface area contributed by atoms with Crippen LogP contribution in [-0.4, -0.2) is 38.9 Å². The zero-order valence-corrected chi connectivity index (χ0v) is 13.2. The first kappa shape index (κ1) is 14.1. The van der Waals surface area contributed by atoms with E-state index in [2.05, 4.69) is 14.5 Å². The van der Waals surface area contributed by atoms with Crippen LogP contribution in [0.3, 0.4) is 0 Å². The van der Waals surface area contributed by atoms with E-state index in [1.165, 1.54) is 0 Å². The van der Waals surface area contributed by atoms with Crippen molar-refractivity contribution >= 4 is 16.8 Å². The molecule has 0 spiro atoms. The Morgan fingerprint density at radius 1 is 1.43 bits per heavy atom. The van der Waals surface area contributed by atoms with Gasteiger partial charge in [0.1, 0.15) is 5.82 Å². The summed E-state index contributed by atoms with van der Waals surface area (Å²) < 4.78 is 2.21. The molecule has 1 N–H and O–H groups in total. The maximum atomic E-state index is 12.8. The predicted octanol–water partition coefficient (Wildman–Crippen LogP) is 2.70. The molecule has 3 aromatic rings. The van der Waals surface area contributed by atoms with Crippen molar-refractivity contribution < 1.29 is 4.79 Å². The number of amides is 1. The molecule has 3 heterocycles. The molecule has 2 aromatic heterocycles. The molecule has 1 aliphatic heterocycles. The van der Waals surface area contributed by atoms with Gasteiger partial charge in [0.2, 0.25) is 0 Å². The highest BCUT2D eigenvalue weighted by Gasteiger charge is 2.23. The molecule has 5 heteroatoms. The molecule has 118 valence electrons. The third-order valence-corrected chi connectivity index (χ3v) is 4.73. The smallest absolute Gasteiger partial charge is 0.255 e. The Morgan fingerprint density at radius 3 is 3.26 bits per heavy atom. The van der Waals surface area contributed by atoms with Gasteiger partial charge in [-0.15, -0.1) is 0 Å². The summed E-state index contributed by atoms with van der Waals surface area (Å²) in [5, 5.41) is 1.07. The number of H-pyrrole nitrogens is 1. The maximum absolute atomic E-state index is 12.8. The van der Waals surface area contributed by atoms with Gasteiger partial charge in [0.15, 0.2) is 0 Å². The normalized spacial score (nSPS) is 17.2. The van der Waals surface area contributed by atoms with Crippen LogP contribution in [0.4, 0.5) is 0 Å². The number of carbonyl (C=O) groups excluding carboxylic acids is 1. The first-order chi connectivity index (χ1) is 11.2. The monoisotopic (exact) mass is 308 g/mol. The lowest BCUT2D eigenvalue weighted by Gasteiger charge is -2.28. The summed E-state index contributed by atoms with van der Waals surface area (Å²) in [7, 11) is 1.90. The number of rotatable bonds is 3. The molecule has 0 unspecified atom stereocenters. The number of aromatic amines is 1. The van der Waals surface area contributed by atoms with Crippen molar-refractivity contribution in [1.82, 2.24) is 19.4 Å². The number of benzene rings is 1. The van der Waals surface area contributed by atoms with Gasteiger partial charge in [-0.05, 0) is 24.5 Å². The van der Waals surface area contributed by atoms with Crippen LogP contribution in [0.25, 0.3) is 10.9 Å². The van der Waals surface area contributed by atoms with Crippen LogP contribution in [0.2, 0.25) is 0 Å². The second kappa shape index (κ2) is 5.57. The van der Waals surface area contributed by atoms with Crippen LogP contribution in [0.5, 0.6) is 0 Å². The Bertz CT molecular complexity index is 847. The van der Waals surface area contributed by atoms with Crippen LogP contribution >= 0.6 is 0 Å². The third-order valence-electron chi connectivity index (χ3n) is 4.73. The maximum Gasteiger partial charge on any atom is 0.255 e. The number of fused-ring (bicyclic) bond motifs is 2. The fourth-order valence-electron chi connectivity index (χ4n) is 3.53. The first-order valence-corrected chi connectivity index (χ1v) is 8.04. The second-order valence-electron chi connectivity index (χ2n) is 6.33. The molecule has 1 atom stereocenters. The highest BCUT2D eigenvalue weighted by molar-refractivity contribution is 6.05. The molecule has 0 bridgehead atoms. The van der Waals surface area contributed by atoms with E-state index in [4.69, 9.17) is 0 Å². The summed E-state index contributed by atoms with van der Waals surface area (Å²) in [6.45, 7) is 1.72. The van der Waals surface area contributed by atoms with Crippen molar-refractivity contribution in [2.45, 2.75) is 19.4 Å². The molecule has 0 radical (unpaired) electrons. The Balaban J connectivity index is 1.50. The minimum Gasteiger partial charge on any atom is -0.361 e. The highest BCUT2D eigenvalue weighted by Crippen LogP contribution is 2.22. The number of imidazole rings is 1. The number of aromatic nitrogens is 3. The number of carbonyl (C=O) groups is 1. The molecule has 1 amide bonds. The number of para-hydroxylation sites is 1. The standard InChI is InChI=1S/C18H20N4O/c1-21(11-13-5-6-16-19-9-10-22(16)12-13)18(23)15-4-2-3-14-7-8-20-17(14)15/h2-4,7-10,13,20H,5-6,11-12H2,1H3/t13-/m1/s1. The highest BCUT2D eigenvalue weighted by atomic mass is 16.2. The molecule has 0 saturated heterocycles. The summed E-state index contributed by atoms with van der Waals surface area (Å²) in [5.74, 6) is 1.72. The van der Waals surface area contributed by atoms with E-state index in [0.717, 1.165) is 48.2 Å². The quantitative estimate of drug-likeness (QED) is 0.809. The minimum absolute atomic E-state index is 0.0782. The van der Waals surface area contributed by atoms with Gasteiger partial charge < -0.3 is 14.5 Å². The molecular weight excluding hydrogens is 288 g/mol. The lowest BCUT2D eigenvalue weighted by atomic mass is 9.98. The van der Waals surface area contributed by atoms with Crippen molar-refractivity contribution in [2.24, 2.45) is 5.92 Å². The molecule has 4 rings (SSSR count). The van der Waals surface area contributed by atoms with Gasteiger partial charge in [-0.2, -0.15) is 0 Å². The fraction of sp³-hybridized carbons (Fsp3) is 0.333. The van der Waals surface area contributed by atoms with Gasteiger partial charge in [-0.25, -0.2) is 4.98 Å². The Morgan fingerprint density at radius 2 is 2.35 bits per heavy atom. The van der Waals surface area contributed by atoms with E-state index in [1.807, 2.05) is 54.8 Å². The Kier molecular flexibility index (Phi) is 3.41. The van der Waals surface area contributed by atoms with E-state index in [0.29, 0.717) is 5.92 Å². The van der Waals surface area contributed by atoms with E-state index in [1.54, 1.807) is 0 Å². The topological polar surface area (TPSA) is 53.9 Å². The average Bonchev–Trinajstić information content (AvgIpc) is 3.21. The molecule has 0 aliphatic carbocycles. The van der Waals surface area contributed by atoms with Crippen molar-refractivity contribution in [3.8, 4) is 0 Å². The lowest BCUT2D eigenvalue weighted by molar-refractivity contribution is 0.0762. The van der Waals surface area contributed by atoms with E-state index >= 15 is 0 Å². The van der Waals surface area contributed by atoms with Crippen LogP contribution in [0.15, 0.2) is 42.9 Å². The summed E-state index contributed by atoms with van der Waals surface area (Å²) in [4.78, 5) is 22.2. The van der Waals surface area contributed by atoms with E-state index in [-0.39, 0.29) is 5.91 Å². The Hall–Kier alpha value is -2.56. The molecule has 1 aliphatic rings. The summed E-state index contributed by atoms with van der Waals surface area (Å²) in [6.07, 6.45) is 7.85. The minimum atomic E-state index is 0.0782. The third kappa shape index (κ3) is 2.52. The number of aryl methyl sites for hydroxylation is 1. The van der Waals surface area contributed by atoms with Gasteiger partial charge >= 0.3 is 0 Å². The van der Waals surface area contributed by atoms with E-state index < -0.39 is 0 Å². The van der Waals surface area contributed by atoms with Crippen LogP contribution in [0, 0.1) is 5.92 Å². The summed E-state index contributed by atoms with van der Waals surface area (Å²) >= 11 is 0. The van der Waals surface area contributed by atoms with Gasteiger partial charge in [0, 0.05) is 50.5 Å². The zero-order valence-electron chi connectivity index (χ0n) is 13.2. The second-order valence-corrected chi connectivity index (χ2v) is 6.33. The van der Waals surface area contributed by atoms with E-state index in [9.17, 15) is 4.79 Å². The van der Waals surface area contributed by atoms with Gasteiger partial charge in [0.05, 0.1) is 11.1 Å². The average molecular weight is 308 g/mol. The molecule has 1 aromatic carbocycles. The molecule has 23 heavy (non-hydrogen) atoms. The summed E-state index contributed by atoms with van der Waals surface area (Å²) in [5.41, 5.74) is 1.67. The van der Waals surface area contributed by atoms with Crippen molar-refractivity contribution in [1.29, 1.82) is 0 Å². The number of hydrogen-bond donors (Lipinski definition) is 1. The van der Waals surface area contributed by atoms with Crippen LogP contribution in [0.1, 0.15) is 22.6 Å². The van der Waals surface area contributed by atoms with Crippen molar-refractivity contribution in [3.05, 3.63) is 54.2 Å². The van der Waals surface area contributed by atoms with Crippen molar-refractivity contribution in [2.75, 3.05) is 13.6 Å². The predicted molar refractivity (Wildman–Crippen MR) is 89.3 cm³/mol. The zero-order chi connectivity index (χ0) is 15.8. The number of nitrogens with zero attached hydrogens (tertiary/aromatic N) is 3. The lowest BCUT2D eigenvalue weighted by Crippen LogP contribution is -2.35. The summed E-state index contributed by atoms with van der Waals surface area (Å²) in [6, 6.07) is 7.85. The largest absolute Gasteiger partial charge is 0.361 e. The first-order valence-electron chi connectivity index (χ1n) is 8.04. The van der Waals surface area contributed by atoms with Gasteiger partial charge in [-0.3, -0.25) is 4.79 Å². The Labute approximate surface area is 134 Å². The molecule has 0 saturated carbocycles. The fourth-order valence-corrected chi connectivity index (χ4v) is 3.53.